The normalized spacial score (nSPS) is 17.9. The Morgan fingerprint density at radius 3 is 2.32 bits per heavy atom. The van der Waals surface area contributed by atoms with Crippen LogP contribution in [-0.2, 0) is 0 Å². The topological polar surface area (TPSA) is 12.0 Å². The van der Waals surface area contributed by atoms with E-state index in [4.69, 9.17) is 0 Å². The Morgan fingerprint density at radius 1 is 1.05 bits per heavy atom. The monoisotopic (exact) mass is 259 g/mol. The van der Waals surface area contributed by atoms with Crippen LogP contribution in [0.3, 0.4) is 0 Å². The fourth-order valence-electron chi connectivity index (χ4n) is 3.52. The summed E-state index contributed by atoms with van der Waals surface area (Å²) in [6.07, 6.45) is 8.50. The van der Waals surface area contributed by atoms with Gasteiger partial charge < -0.3 is 5.32 Å². The molecular formula is C18H29N. The van der Waals surface area contributed by atoms with Gasteiger partial charge in [0.2, 0.25) is 0 Å². The standard InChI is InChI=1S/C18H29N/c1-13-11-15(3)17(12-14(13)2)18(19-4)10-9-16-7-5-6-8-16/h11-12,16,18-19H,5-10H2,1-4H3. The molecule has 1 aliphatic carbocycles. The molecule has 0 aromatic heterocycles. The van der Waals surface area contributed by atoms with Crippen molar-refractivity contribution in [3.05, 3.63) is 34.4 Å². The lowest BCUT2D eigenvalue weighted by molar-refractivity contribution is 0.426. The van der Waals surface area contributed by atoms with Gasteiger partial charge >= 0.3 is 0 Å². The average molecular weight is 259 g/mol. The summed E-state index contributed by atoms with van der Waals surface area (Å²) in [6.45, 7) is 6.68. The van der Waals surface area contributed by atoms with Crippen molar-refractivity contribution in [1.82, 2.24) is 5.32 Å². The van der Waals surface area contributed by atoms with Crippen molar-refractivity contribution in [3.63, 3.8) is 0 Å². The van der Waals surface area contributed by atoms with Gasteiger partial charge in [-0.15, -0.1) is 0 Å². The highest BCUT2D eigenvalue weighted by molar-refractivity contribution is 5.38. The summed E-state index contributed by atoms with van der Waals surface area (Å²) in [4.78, 5) is 0. The second kappa shape index (κ2) is 6.56. The third kappa shape index (κ3) is 3.60. The van der Waals surface area contributed by atoms with Gasteiger partial charge in [-0.1, -0.05) is 37.8 Å². The summed E-state index contributed by atoms with van der Waals surface area (Å²) in [5.74, 6) is 0.989. The van der Waals surface area contributed by atoms with Gasteiger partial charge in [0.15, 0.2) is 0 Å². The van der Waals surface area contributed by atoms with Crippen molar-refractivity contribution in [3.8, 4) is 0 Å². The summed E-state index contributed by atoms with van der Waals surface area (Å²) < 4.78 is 0. The zero-order chi connectivity index (χ0) is 13.8. The molecule has 0 spiro atoms. The Morgan fingerprint density at radius 2 is 1.68 bits per heavy atom. The van der Waals surface area contributed by atoms with Crippen molar-refractivity contribution in [2.75, 3.05) is 7.05 Å². The summed E-state index contributed by atoms with van der Waals surface area (Å²) in [6, 6.07) is 5.25. The molecule has 1 unspecified atom stereocenters. The maximum atomic E-state index is 3.53. The predicted octanol–water partition coefficient (Wildman–Crippen LogP) is 4.84. The zero-order valence-corrected chi connectivity index (χ0v) is 13.1. The number of rotatable bonds is 5. The van der Waals surface area contributed by atoms with E-state index in [9.17, 15) is 0 Å². The summed E-state index contributed by atoms with van der Waals surface area (Å²) in [5, 5.41) is 3.53. The molecule has 1 aromatic carbocycles. The van der Waals surface area contributed by atoms with E-state index in [1.807, 2.05) is 0 Å². The molecule has 0 radical (unpaired) electrons. The van der Waals surface area contributed by atoms with Crippen LogP contribution >= 0.6 is 0 Å². The fraction of sp³-hybridized carbons (Fsp3) is 0.667. The van der Waals surface area contributed by atoms with Crippen LogP contribution in [0, 0.1) is 26.7 Å². The van der Waals surface area contributed by atoms with Crippen LogP contribution in [0.4, 0.5) is 0 Å². The Balaban J connectivity index is 2.05. The molecule has 1 fully saturated rings. The largest absolute Gasteiger partial charge is 0.313 e. The highest BCUT2D eigenvalue weighted by atomic mass is 14.9. The van der Waals surface area contributed by atoms with Crippen LogP contribution in [0.5, 0.6) is 0 Å². The van der Waals surface area contributed by atoms with Gasteiger partial charge in [0, 0.05) is 6.04 Å². The van der Waals surface area contributed by atoms with Crippen LogP contribution in [0.1, 0.15) is 66.8 Å². The molecule has 1 nitrogen and oxygen atoms in total. The van der Waals surface area contributed by atoms with Gasteiger partial charge in [-0.05, 0) is 68.8 Å². The van der Waals surface area contributed by atoms with E-state index in [2.05, 4.69) is 45.3 Å². The highest BCUT2D eigenvalue weighted by Crippen LogP contribution is 2.32. The molecule has 0 amide bonds. The van der Waals surface area contributed by atoms with Gasteiger partial charge in [-0.2, -0.15) is 0 Å². The molecule has 0 saturated heterocycles. The average Bonchev–Trinajstić information content (AvgIpc) is 2.89. The fourth-order valence-corrected chi connectivity index (χ4v) is 3.52. The van der Waals surface area contributed by atoms with Crippen molar-refractivity contribution in [2.24, 2.45) is 5.92 Å². The minimum Gasteiger partial charge on any atom is -0.313 e. The molecule has 1 aromatic rings. The Kier molecular flexibility index (Phi) is 5.04. The lowest BCUT2D eigenvalue weighted by Gasteiger charge is -2.22. The van der Waals surface area contributed by atoms with Gasteiger partial charge in [-0.25, -0.2) is 0 Å². The Labute approximate surface area is 118 Å². The third-order valence-corrected chi connectivity index (χ3v) is 4.94. The van der Waals surface area contributed by atoms with E-state index in [0.717, 1.165) is 5.92 Å². The van der Waals surface area contributed by atoms with Gasteiger partial charge in [0.25, 0.3) is 0 Å². The zero-order valence-electron chi connectivity index (χ0n) is 13.1. The maximum absolute atomic E-state index is 3.53. The van der Waals surface area contributed by atoms with Crippen LogP contribution < -0.4 is 5.32 Å². The lowest BCUT2D eigenvalue weighted by Crippen LogP contribution is -2.18. The number of hydrogen-bond donors (Lipinski definition) is 1. The van der Waals surface area contributed by atoms with Crippen LogP contribution in [0.15, 0.2) is 12.1 Å². The molecule has 0 aliphatic heterocycles. The summed E-state index contributed by atoms with van der Waals surface area (Å²) in [7, 11) is 2.11. The Bertz CT molecular complexity index is 416. The molecular weight excluding hydrogens is 230 g/mol. The maximum Gasteiger partial charge on any atom is 0.0320 e. The molecule has 1 N–H and O–H groups in total. The van der Waals surface area contributed by atoms with E-state index in [0.29, 0.717) is 6.04 Å². The first kappa shape index (κ1) is 14.6. The lowest BCUT2D eigenvalue weighted by atomic mass is 9.90. The molecule has 1 atom stereocenters. The molecule has 1 heteroatoms. The summed E-state index contributed by atoms with van der Waals surface area (Å²) >= 11 is 0. The van der Waals surface area contributed by atoms with Crippen molar-refractivity contribution in [1.29, 1.82) is 0 Å². The second-order valence-electron chi connectivity index (χ2n) is 6.36. The summed E-state index contributed by atoms with van der Waals surface area (Å²) in [5.41, 5.74) is 5.77. The van der Waals surface area contributed by atoms with Gasteiger partial charge in [0.05, 0.1) is 0 Å². The molecule has 1 saturated carbocycles. The quantitative estimate of drug-likeness (QED) is 0.797. The van der Waals surface area contributed by atoms with Gasteiger partial charge in [0.1, 0.15) is 0 Å². The molecule has 19 heavy (non-hydrogen) atoms. The van der Waals surface area contributed by atoms with Crippen molar-refractivity contribution in [2.45, 2.75) is 65.3 Å². The molecule has 1 aliphatic rings. The van der Waals surface area contributed by atoms with E-state index in [1.54, 1.807) is 0 Å². The molecule has 0 bridgehead atoms. The predicted molar refractivity (Wildman–Crippen MR) is 83.6 cm³/mol. The van der Waals surface area contributed by atoms with Crippen molar-refractivity contribution < 1.29 is 0 Å². The molecule has 106 valence electrons. The minimum absolute atomic E-state index is 0.528. The third-order valence-electron chi connectivity index (χ3n) is 4.94. The SMILES string of the molecule is CNC(CCC1CCCC1)c1cc(C)c(C)cc1C. The number of hydrogen-bond acceptors (Lipinski definition) is 1. The smallest absolute Gasteiger partial charge is 0.0320 e. The number of benzene rings is 1. The Hall–Kier alpha value is -0.820. The van der Waals surface area contributed by atoms with Crippen LogP contribution in [0.2, 0.25) is 0 Å². The number of aryl methyl sites for hydroxylation is 3. The van der Waals surface area contributed by atoms with Crippen molar-refractivity contribution >= 4 is 0 Å². The molecule has 2 rings (SSSR count). The molecule has 0 heterocycles. The van der Waals surface area contributed by atoms with Crippen LogP contribution in [0.25, 0.3) is 0 Å². The van der Waals surface area contributed by atoms with E-state index >= 15 is 0 Å². The first-order valence-electron chi connectivity index (χ1n) is 7.87. The first-order chi connectivity index (χ1) is 9.11. The second-order valence-corrected chi connectivity index (χ2v) is 6.36. The van der Waals surface area contributed by atoms with E-state index in [1.165, 1.54) is 60.8 Å². The highest BCUT2D eigenvalue weighted by Gasteiger charge is 2.18. The van der Waals surface area contributed by atoms with E-state index in [-0.39, 0.29) is 0 Å². The van der Waals surface area contributed by atoms with E-state index < -0.39 is 0 Å². The van der Waals surface area contributed by atoms with Gasteiger partial charge in [-0.3, -0.25) is 0 Å². The number of nitrogens with one attached hydrogen (secondary N) is 1. The minimum atomic E-state index is 0.528. The van der Waals surface area contributed by atoms with Crippen LogP contribution in [-0.4, -0.2) is 7.05 Å². The first-order valence-corrected chi connectivity index (χ1v) is 7.87.